The van der Waals surface area contributed by atoms with E-state index in [9.17, 15) is 24.8 Å². The Kier molecular flexibility index (Phi) is 4.02. The van der Waals surface area contributed by atoms with Gasteiger partial charge in [-0.15, -0.1) is 11.3 Å². The van der Waals surface area contributed by atoms with Crippen molar-refractivity contribution < 1.29 is 19.6 Å². The van der Waals surface area contributed by atoms with Crippen molar-refractivity contribution in [2.45, 2.75) is 24.8 Å². The lowest BCUT2D eigenvalue weighted by atomic mass is 9.76. The maximum absolute atomic E-state index is 12.2. The molecule has 0 bridgehead atoms. The van der Waals surface area contributed by atoms with Crippen molar-refractivity contribution in [1.29, 1.82) is 0 Å². The van der Waals surface area contributed by atoms with Crippen LogP contribution in [0.5, 0.6) is 0 Å². The van der Waals surface area contributed by atoms with E-state index in [1.165, 1.54) is 23.5 Å². The fourth-order valence-corrected chi connectivity index (χ4v) is 3.25. The lowest BCUT2D eigenvalue weighted by Gasteiger charge is -2.37. The quantitative estimate of drug-likeness (QED) is 0.633. The molecule has 3 rings (SSSR count). The first-order chi connectivity index (χ1) is 11.4. The van der Waals surface area contributed by atoms with E-state index in [1.54, 1.807) is 17.5 Å². The molecule has 0 saturated heterocycles. The van der Waals surface area contributed by atoms with Gasteiger partial charge in [0.15, 0.2) is 0 Å². The summed E-state index contributed by atoms with van der Waals surface area (Å²) in [6.45, 7) is 0. The minimum Gasteiger partial charge on any atom is -0.480 e. The molecule has 9 heteroatoms. The molecule has 1 aromatic heterocycles. The molecule has 2 aromatic rings. The third-order valence-electron chi connectivity index (χ3n) is 4.03. The van der Waals surface area contributed by atoms with Gasteiger partial charge in [-0.05, 0) is 31.4 Å². The van der Waals surface area contributed by atoms with Crippen molar-refractivity contribution >= 4 is 28.9 Å². The van der Waals surface area contributed by atoms with Gasteiger partial charge in [0.2, 0.25) is 0 Å². The molecule has 1 saturated carbocycles. The smallest absolute Gasteiger partial charge is 0.329 e. The van der Waals surface area contributed by atoms with E-state index in [0.29, 0.717) is 23.4 Å². The first-order valence-electron chi connectivity index (χ1n) is 7.17. The number of carboxylic acid groups (broad SMARTS) is 1. The summed E-state index contributed by atoms with van der Waals surface area (Å²) in [6.07, 6.45) is 1.58. The molecule has 1 fully saturated rings. The Morgan fingerprint density at radius 1 is 1.29 bits per heavy atom. The second-order valence-electron chi connectivity index (χ2n) is 5.54. The Labute approximate surface area is 140 Å². The average molecular weight is 347 g/mol. The fraction of sp³-hybridized carbons (Fsp3) is 0.267. The number of nitro benzene ring substituents is 1. The van der Waals surface area contributed by atoms with Gasteiger partial charge in [0.1, 0.15) is 16.2 Å². The van der Waals surface area contributed by atoms with Crippen molar-refractivity contribution in [2.75, 3.05) is 0 Å². The zero-order valence-electron chi connectivity index (χ0n) is 12.4. The second kappa shape index (κ2) is 6.00. The van der Waals surface area contributed by atoms with Crippen LogP contribution in [0.1, 0.15) is 29.8 Å². The van der Waals surface area contributed by atoms with Crippen LogP contribution in [-0.4, -0.2) is 32.4 Å². The summed E-state index contributed by atoms with van der Waals surface area (Å²) in [7, 11) is 0. The SMILES string of the molecule is O=C(NC1(C(=O)O)CCC1)c1csc(-c2ccc([N+](=O)[O-])cc2)n1. The molecule has 1 aromatic carbocycles. The monoisotopic (exact) mass is 347 g/mol. The number of carboxylic acids is 1. The van der Waals surface area contributed by atoms with E-state index in [2.05, 4.69) is 10.3 Å². The summed E-state index contributed by atoms with van der Waals surface area (Å²) in [6, 6.07) is 5.85. The van der Waals surface area contributed by atoms with Crippen LogP contribution in [0.15, 0.2) is 29.6 Å². The Bertz CT molecular complexity index is 811. The van der Waals surface area contributed by atoms with E-state index in [1.807, 2.05) is 0 Å². The fourth-order valence-electron chi connectivity index (χ4n) is 2.44. The molecule has 24 heavy (non-hydrogen) atoms. The van der Waals surface area contributed by atoms with Crippen LogP contribution in [0.2, 0.25) is 0 Å². The second-order valence-corrected chi connectivity index (χ2v) is 6.39. The largest absolute Gasteiger partial charge is 0.480 e. The first-order valence-corrected chi connectivity index (χ1v) is 8.05. The number of thiazole rings is 1. The van der Waals surface area contributed by atoms with Gasteiger partial charge in [-0.25, -0.2) is 9.78 Å². The number of benzene rings is 1. The molecular formula is C15H13N3O5S. The maximum atomic E-state index is 12.2. The number of hydrogen-bond donors (Lipinski definition) is 2. The third kappa shape index (κ3) is 2.85. The van der Waals surface area contributed by atoms with Gasteiger partial charge >= 0.3 is 5.97 Å². The number of nitrogens with zero attached hydrogens (tertiary/aromatic N) is 2. The highest BCUT2D eigenvalue weighted by Crippen LogP contribution is 2.33. The number of aromatic nitrogens is 1. The van der Waals surface area contributed by atoms with E-state index < -0.39 is 22.3 Å². The summed E-state index contributed by atoms with van der Waals surface area (Å²) in [5.41, 5.74) is -0.419. The predicted octanol–water partition coefficient (Wildman–Crippen LogP) is 2.46. The molecule has 0 spiro atoms. The zero-order chi connectivity index (χ0) is 17.3. The van der Waals surface area contributed by atoms with Crippen LogP contribution < -0.4 is 5.32 Å². The van der Waals surface area contributed by atoms with Crippen molar-refractivity contribution in [2.24, 2.45) is 0 Å². The molecule has 1 heterocycles. The van der Waals surface area contributed by atoms with Crippen LogP contribution >= 0.6 is 11.3 Å². The zero-order valence-corrected chi connectivity index (χ0v) is 13.2. The normalized spacial score (nSPS) is 15.3. The highest BCUT2D eigenvalue weighted by molar-refractivity contribution is 7.13. The van der Waals surface area contributed by atoms with E-state index in [0.717, 1.165) is 6.42 Å². The number of nitro groups is 1. The number of hydrogen-bond acceptors (Lipinski definition) is 6. The third-order valence-corrected chi connectivity index (χ3v) is 4.92. The van der Waals surface area contributed by atoms with Crippen LogP contribution in [0.4, 0.5) is 5.69 Å². The van der Waals surface area contributed by atoms with Gasteiger partial charge in [0.25, 0.3) is 11.6 Å². The summed E-state index contributed by atoms with van der Waals surface area (Å²) in [5.74, 6) is -1.56. The van der Waals surface area contributed by atoms with E-state index in [-0.39, 0.29) is 11.4 Å². The van der Waals surface area contributed by atoms with Crippen LogP contribution in [0.25, 0.3) is 10.6 Å². The Morgan fingerprint density at radius 2 is 1.96 bits per heavy atom. The van der Waals surface area contributed by atoms with Crippen LogP contribution in [0.3, 0.4) is 0 Å². The van der Waals surface area contributed by atoms with Gasteiger partial charge in [-0.3, -0.25) is 14.9 Å². The molecular weight excluding hydrogens is 334 g/mol. The first kappa shape index (κ1) is 16.1. The molecule has 8 nitrogen and oxygen atoms in total. The lowest BCUT2D eigenvalue weighted by Crippen LogP contribution is -2.59. The molecule has 1 aliphatic carbocycles. The van der Waals surface area contributed by atoms with Gasteiger partial charge in [0.05, 0.1) is 4.92 Å². The predicted molar refractivity (Wildman–Crippen MR) is 85.9 cm³/mol. The van der Waals surface area contributed by atoms with Crippen molar-refractivity contribution in [1.82, 2.24) is 10.3 Å². The lowest BCUT2D eigenvalue weighted by molar-refractivity contribution is -0.384. The van der Waals surface area contributed by atoms with E-state index in [4.69, 9.17) is 0 Å². The molecule has 0 aliphatic heterocycles. The van der Waals surface area contributed by atoms with Gasteiger partial charge < -0.3 is 10.4 Å². The average Bonchev–Trinajstić information content (AvgIpc) is 3.00. The number of non-ortho nitro benzene ring substituents is 1. The van der Waals surface area contributed by atoms with Gasteiger partial charge in [-0.2, -0.15) is 0 Å². The summed E-state index contributed by atoms with van der Waals surface area (Å²) in [4.78, 5) is 37.9. The number of carbonyl (C=O) groups is 2. The number of aliphatic carboxylic acids is 1. The van der Waals surface area contributed by atoms with Gasteiger partial charge in [-0.1, -0.05) is 0 Å². The Hall–Kier alpha value is -2.81. The molecule has 124 valence electrons. The van der Waals surface area contributed by atoms with Crippen LogP contribution in [0, 0.1) is 10.1 Å². The number of nitrogens with one attached hydrogen (secondary N) is 1. The molecule has 0 atom stereocenters. The van der Waals surface area contributed by atoms with Crippen LogP contribution in [-0.2, 0) is 4.79 Å². The topological polar surface area (TPSA) is 122 Å². The highest BCUT2D eigenvalue weighted by atomic mass is 32.1. The molecule has 1 aliphatic rings. The van der Waals surface area contributed by atoms with E-state index >= 15 is 0 Å². The molecule has 2 N–H and O–H groups in total. The van der Waals surface area contributed by atoms with Crippen molar-refractivity contribution in [3.05, 3.63) is 45.5 Å². The Balaban J connectivity index is 1.76. The molecule has 1 amide bonds. The summed E-state index contributed by atoms with van der Waals surface area (Å²) >= 11 is 1.22. The molecule has 0 unspecified atom stereocenters. The maximum Gasteiger partial charge on any atom is 0.329 e. The van der Waals surface area contributed by atoms with Gasteiger partial charge in [0, 0.05) is 23.1 Å². The number of carbonyl (C=O) groups excluding carboxylic acids is 1. The summed E-state index contributed by atoms with van der Waals surface area (Å²) < 4.78 is 0. The number of rotatable bonds is 5. The minimum absolute atomic E-state index is 0.0262. The van der Waals surface area contributed by atoms with Crippen molar-refractivity contribution in [3.63, 3.8) is 0 Å². The summed E-state index contributed by atoms with van der Waals surface area (Å²) in [5, 5.41) is 24.5. The Morgan fingerprint density at radius 3 is 2.46 bits per heavy atom. The number of amides is 1. The highest BCUT2D eigenvalue weighted by Gasteiger charge is 2.46. The standard InChI is InChI=1S/C15H13N3O5S/c19-12(17-15(14(20)21)6-1-7-15)11-8-24-13(16-11)9-2-4-10(5-3-9)18(22)23/h2-5,8H,1,6-7H2,(H,17,19)(H,20,21). The van der Waals surface area contributed by atoms with Crippen molar-refractivity contribution in [3.8, 4) is 10.6 Å². The minimum atomic E-state index is -1.19. The molecule has 0 radical (unpaired) electrons.